The second kappa shape index (κ2) is 21.2. The lowest BCUT2D eigenvalue weighted by Crippen LogP contribution is -2.44. The molecular weight excluding hydrogens is 764 g/mol. The lowest BCUT2D eigenvalue weighted by molar-refractivity contribution is -0.148. The molecule has 0 spiro atoms. The van der Waals surface area contributed by atoms with Crippen LogP contribution in [0, 0.1) is 6.92 Å². The van der Waals surface area contributed by atoms with Crippen LogP contribution in [0.2, 0.25) is 5.02 Å². The number of nitrogens with zero attached hydrogens (tertiary/aromatic N) is 3. The Morgan fingerprint density at radius 3 is 2.17 bits per heavy atom. The van der Waals surface area contributed by atoms with E-state index in [-0.39, 0.29) is 29.3 Å². The summed E-state index contributed by atoms with van der Waals surface area (Å²) >= 11 is 6.94. The van der Waals surface area contributed by atoms with Crippen molar-refractivity contribution in [3.8, 4) is 22.6 Å². The monoisotopic (exact) mass is 814 g/mol. The van der Waals surface area contributed by atoms with Gasteiger partial charge in [-0.1, -0.05) is 42.3 Å². The Morgan fingerprint density at radius 2 is 1.50 bits per heavy atom. The summed E-state index contributed by atoms with van der Waals surface area (Å²) in [6.07, 6.45) is 6.84. The van der Waals surface area contributed by atoms with Gasteiger partial charge in [-0.3, -0.25) is 34.0 Å². The number of ether oxygens (including phenoxy) is 3. The van der Waals surface area contributed by atoms with Crippen molar-refractivity contribution in [1.29, 1.82) is 0 Å². The van der Waals surface area contributed by atoms with Crippen molar-refractivity contribution in [3.63, 3.8) is 0 Å². The number of anilines is 2. The average molecular weight is 815 g/mol. The molecule has 3 heterocycles. The molecule has 1 atom stereocenters. The summed E-state index contributed by atoms with van der Waals surface area (Å²) in [6, 6.07) is 13.6. The summed E-state index contributed by atoms with van der Waals surface area (Å²) < 4.78 is 16.2. The largest absolute Gasteiger partial charge is 0.496 e. The Hall–Kier alpha value is -5.61. The molecule has 0 saturated carbocycles. The SMILES string of the molecule is COC(=O)[C@@H]1CCCCN1Cc1cnc(C(=O)Nc2cccc(-c3cccc(NC(=O)c4cc(OC)c(CNCCNC(=O)CCCN)cn4)c3C)c2Cl)cc1OC. The highest BCUT2D eigenvalue weighted by molar-refractivity contribution is 6.36. The van der Waals surface area contributed by atoms with Crippen molar-refractivity contribution < 1.29 is 33.4 Å². The van der Waals surface area contributed by atoms with Gasteiger partial charge in [0.15, 0.2) is 0 Å². The zero-order chi connectivity index (χ0) is 41.6. The number of halogens is 1. The van der Waals surface area contributed by atoms with Crippen molar-refractivity contribution in [2.24, 2.45) is 5.73 Å². The first-order valence-corrected chi connectivity index (χ1v) is 19.5. The molecule has 15 nitrogen and oxygen atoms in total. The van der Waals surface area contributed by atoms with E-state index in [0.717, 1.165) is 41.6 Å². The Kier molecular flexibility index (Phi) is 15.9. The fourth-order valence-corrected chi connectivity index (χ4v) is 7.02. The topological polar surface area (TPSA) is 199 Å². The lowest BCUT2D eigenvalue weighted by atomic mass is 9.98. The summed E-state index contributed by atoms with van der Waals surface area (Å²) in [5.41, 5.74) is 10.3. The number of nitrogens with two attached hydrogens (primary N) is 1. The van der Waals surface area contributed by atoms with Crippen LogP contribution in [0.15, 0.2) is 60.9 Å². The first kappa shape index (κ1) is 43.5. The number of aromatic nitrogens is 2. The van der Waals surface area contributed by atoms with Gasteiger partial charge < -0.3 is 41.2 Å². The van der Waals surface area contributed by atoms with E-state index >= 15 is 0 Å². The maximum absolute atomic E-state index is 13.5. The third kappa shape index (κ3) is 11.1. The Bertz CT molecular complexity index is 2100. The fourth-order valence-electron chi connectivity index (χ4n) is 6.75. The minimum Gasteiger partial charge on any atom is -0.496 e. The molecule has 0 aliphatic carbocycles. The van der Waals surface area contributed by atoms with E-state index in [1.54, 1.807) is 48.8 Å². The molecule has 1 fully saturated rings. The molecule has 1 saturated heterocycles. The Morgan fingerprint density at radius 1 is 0.862 bits per heavy atom. The second-order valence-electron chi connectivity index (χ2n) is 13.7. The number of methoxy groups -OCH3 is 3. The number of rotatable bonds is 18. The van der Waals surface area contributed by atoms with Gasteiger partial charge in [-0.25, -0.2) is 0 Å². The number of carbonyl (C=O) groups is 4. The number of hydrogen-bond acceptors (Lipinski definition) is 12. The molecule has 4 aromatic rings. The molecule has 0 radical (unpaired) electrons. The van der Waals surface area contributed by atoms with Crippen LogP contribution in [0.4, 0.5) is 11.4 Å². The number of benzene rings is 2. The predicted octanol–water partition coefficient (Wildman–Crippen LogP) is 5.10. The number of nitrogens with one attached hydrogen (secondary N) is 4. The summed E-state index contributed by atoms with van der Waals surface area (Å²) in [7, 11) is 4.44. The van der Waals surface area contributed by atoms with Crippen molar-refractivity contribution in [3.05, 3.63) is 94.0 Å². The fraction of sp³-hybridized carbons (Fsp3) is 0.381. The van der Waals surface area contributed by atoms with Crippen molar-refractivity contribution in [1.82, 2.24) is 25.5 Å². The van der Waals surface area contributed by atoms with Crippen LogP contribution in [0.3, 0.4) is 0 Å². The van der Waals surface area contributed by atoms with Crippen LogP contribution in [0.5, 0.6) is 11.5 Å². The zero-order valence-electron chi connectivity index (χ0n) is 33.3. The van der Waals surface area contributed by atoms with Gasteiger partial charge in [-0.2, -0.15) is 0 Å². The van der Waals surface area contributed by atoms with E-state index in [1.807, 2.05) is 24.0 Å². The van der Waals surface area contributed by atoms with Crippen LogP contribution in [0.1, 0.15) is 69.8 Å². The first-order chi connectivity index (χ1) is 28.1. The Labute approximate surface area is 343 Å². The molecule has 0 unspecified atom stereocenters. The molecule has 1 aliphatic rings. The lowest BCUT2D eigenvalue weighted by Gasteiger charge is -2.33. The molecule has 6 N–H and O–H groups in total. The molecule has 2 aromatic carbocycles. The number of likely N-dealkylation sites (tertiary alicyclic amines) is 1. The average Bonchev–Trinajstić information content (AvgIpc) is 3.24. The van der Waals surface area contributed by atoms with Crippen molar-refractivity contribution in [2.75, 3.05) is 58.1 Å². The second-order valence-corrected chi connectivity index (χ2v) is 14.1. The molecule has 5 rings (SSSR count). The summed E-state index contributed by atoms with van der Waals surface area (Å²) in [4.78, 5) is 62.0. The van der Waals surface area contributed by atoms with Crippen molar-refractivity contribution in [2.45, 2.75) is 58.2 Å². The van der Waals surface area contributed by atoms with Gasteiger partial charge in [-0.15, -0.1) is 0 Å². The van der Waals surface area contributed by atoms with Crippen LogP contribution in [-0.4, -0.2) is 92.1 Å². The number of amides is 3. The van der Waals surface area contributed by atoms with Gasteiger partial charge >= 0.3 is 5.97 Å². The molecular formula is C42H51ClN8O7. The number of pyridine rings is 2. The van der Waals surface area contributed by atoms with Gasteiger partial charge in [0.05, 0.1) is 32.0 Å². The summed E-state index contributed by atoms with van der Waals surface area (Å²) in [5, 5.41) is 12.2. The molecule has 3 amide bonds. The highest BCUT2D eigenvalue weighted by Gasteiger charge is 2.30. The molecule has 2 aromatic heterocycles. The minimum atomic E-state index is -0.487. The van der Waals surface area contributed by atoms with E-state index in [9.17, 15) is 19.2 Å². The van der Waals surface area contributed by atoms with E-state index in [4.69, 9.17) is 31.5 Å². The smallest absolute Gasteiger partial charge is 0.323 e. The van der Waals surface area contributed by atoms with Crippen LogP contribution < -0.4 is 36.5 Å². The molecule has 1 aliphatic heterocycles. The van der Waals surface area contributed by atoms with Crippen LogP contribution >= 0.6 is 11.6 Å². The van der Waals surface area contributed by atoms with Crippen LogP contribution in [-0.2, 0) is 27.4 Å². The van der Waals surface area contributed by atoms with E-state index in [2.05, 4.69) is 31.2 Å². The summed E-state index contributed by atoms with van der Waals surface area (Å²) in [5.74, 6) is -0.264. The van der Waals surface area contributed by atoms with Gasteiger partial charge in [-0.05, 0) is 62.5 Å². The van der Waals surface area contributed by atoms with Crippen LogP contribution in [0.25, 0.3) is 11.1 Å². The summed E-state index contributed by atoms with van der Waals surface area (Å²) in [6.45, 7) is 4.91. The minimum absolute atomic E-state index is 0.0387. The third-order valence-electron chi connectivity index (χ3n) is 9.92. The Balaban J connectivity index is 1.24. The highest BCUT2D eigenvalue weighted by atomic mass is 35.5. The van der Waals surface area contributed by atoms with Gasteiger partial charge in [0.25, 0.3) is 11.8 Å². The molecule has 16 heteroatoms. The number of hydrogen-bond donors (Lipinski definition) is 5. The first-order valence-electron chi connectivity index (χ1n) is 19.1. The predicted molar refractivity (Wildman–Crippen MR) is 222 cm³/mol. The number of esters is 1. The maximum atomic E-state index is 13.5. The van der Waals surface area contributed by atoms with E-state index < -0.39 is 11.8 Å². The normalized spacial score (nSPS) is 14.0. The molecule has 0 bridgehead atoms. The standard InChI is InChI=1S/C42H51ClN8O7/c1-26-29(10-7-12-31(26)49-40(53)33-20-36(56-2)27(23-47-33)22-45-17-18-46-38(52)15-9-16-44)30-11-8-13-32(39(30)43)50-41(54)34-21-37(57-3)28(24-48-34)25-51-19-6-5-14-35(51)42(55)58-4/h7-8,10-13,20-21,23-24,35,45H,5-6,9,14-19,22,25,44H2,1-4H3,(H,46,52)(H,49,53)(H,50,54)/t35-/m0/s1. The number of carbonyl (C=O) groups excluding carboxylic acids is 4. The van der Waals surface area contributed by atoms with Crippen molar-refractivity contribution >= 4 is 46.7 Å². The van der Waals surface area contributed by atoms with E-state index in [0.29, 0.717) is 85.4 Å². The zero-order valence-corrected chi connectivity index (χ0v) is 34.0. The van der Waals surface area contributed by atoms with Gasteiger partial charge in [0.2, 0.25) is 5.91 Å². The quantitative estimate of drug-likeness (QED) is 0.0659. The van der Waals surface area contributed by atoms with Gasteiger partial charge in [0, 0.05) is 79.5 Å². The number of piperidine rings is 1. The van der Waals surface area contributed by atoms with Gasteiger partial charge in [0.1, 0.15) is 28.9 Å². The highest BCUT2D eigenvalue weighted by Crippen LogP contribution is 2.38. The molecule has 308 valence electrons. The molecule has 58 heavy (non-hydrogen) atoms. The maximum Gasteiger partial charge on any atom is 0.323 e. The van der Waals surface area contributed by atoms with E-state index in [1.165, 1.54) is 21.3 Å². The third-order valence-corrected chi connectivity index (χ3v) is 10.3.